The molecule has 0 saturated carbocycles. The fourth-order valence-electron chi connectivity index (χ4n) is 2.35. The molecule has 0 aromatic heterocycles. The summed E-state index contributed by atoms with van der Waals surface area (Å²) in [4.78, 5) is 0.242. The van der Waals surface area contributed by atoms with Crippen LogP contribution in [0.15, 0.2) is 41.3 Å². The molecule has 22 heavy (non-hydrogen) atoms. The Bertz CT molecular complexity index is 787. The van der Waals surface area contributed by atoms with Crippen molar-refractivity contribution < 1.29 is 8.42 Å². The third kappa shape index (κ3) is 3.46. The molecule has 0 aliphatic rings. The maximum atomic E-state index is 11.7. The zero-order chi connectivity index (χ0) is 16.5. The monoisotopic (exact) mass is 357 g/mol. The molecule has 3 nitrogen and oxygen atoms in total. The molecular weight excluding hydrogens is 341 g/mol. The standard InChI is InChI=1S/C16H17Cl2NO2S/c1-10(15-8-13(17)9-16(18)11(15)2)12-4-6-14(7-5-12)22(20,21)19-3/h4-10,19H,1-3H3. The van der Waals surface area contributed by atoms with Crippen LogP contribution in [-0.2, 0) is 10.0 Å². The number of benzene rings is 2. The SMILES string of the molecule is CNS(=O)(=O)c1ccc(C(C)c2cc(Cl)cc(Cl)c2C)cc1. The normalized spacial score (nSPS) is 13.1. The number of sulfonamides is 1. The highest BCUT2D eigenvalue weighted by molar-refractivity contribution is 7.89. The number of hydrogen-bond donors (Lipinski definition) is 1. The minimum Gasteiger partial charge on any atom is -0.214 e. The van der Waals surface area contributed by atoms with Crippen molar-refractivity contribution in [3.8, 4) is 0 Å². The van der Waals surface area contributed by atoms with Crippen LogP contribution >= 0.6 is 23.2 Å². The molecule has 6 heteroatoms. The Kier molecular flexibility index (Phi) is 5.17. The third-order valence-electron chi connectivity index (χ3n) is 3.77. The average molecular weight is 358 g/mol. The van der Waals surface area contributed by atoms with Crippen molar-refractivity contribution >= 4 is 33.2 Å². The second kappa shape index (κ2) is 6.59. The molecule has 0 amide bonds. The van der Waals surface area contributed by atoms with Crippen LogP contribution < -0.4 is 4.72 Å². The molecule has 1 unspecified atom stereocenters. The van der Waals surface area contributed by atoms with E-state index >= 15 is 0 Å². The van der Waals surface area contributed by atoms with E-state index in [1.54, 1.807) is 18.2 Å². The highest BCUT2D eigenvalue weighted by Gasteiger charge is 2.16. The Morgan fingerprint density at radius 1 is 1.09 bits per heavy atom. The Balaban J connectivity index is 2.41. The van der Waals surface area contributed by atoms with Crippen LogP contribution in [0.4, 0.5) is 0 Å². The first-order valence-electron chi connectivity index (χ1n) is 6.75. The molecule has 2 aromatic carbocycles. The zero-order valence-electron chi connectivity index (χ0n) is 12.5. The summed E-state index contributed by atoms with van der Waals surface area (Å²) in [5.41, 5.74) is 3.00. The van der Waals surface area contributed by atoms with Gasteiger partial charge in [0.25, 0.3) is 0 Å². The van der Waals surface area contributed by atoms with E-state index in [2.05, 4.69) is 4.72 Å². The van der Waals surface area contributed by atoms with Gasteiger partial charge < -0.3 is 0 Å². The molecule has 0 saturated heterocycles. The van der Waals surface area contributed by atoms with Crippen molar-refractivity contribution in [2.75, 3.05) is 7.05 Å². The largest absolute Gasteiger partial charge is 0.240 e. The van der Waals surface area contributed by atoms with Gasteiger partial charge in [0.15, 0.2) is 0 Å². The zero-order valence-corrected chi connectivity index (χ0v) is 14.9. The van der Waals surface area contributed by atoms with Gasteiger partial charge >= 0.3 is 0 Å². The summed E-state index contributed by atoms with van der Waals surface area (Å²) in [6, 6.07) is 10.4. The summed E-state index contributed by atoms with van der Waals surface area (Å²) in [7, 11) is -2.03. The Labute approximate surface area is 141 Å². The summed E-state index contributed by atoms with van der Waals surface area (Å²) in [5.74, 6) is 0.0579. The van der Waals surface area contributed by atoms with E-state index in [1.807, 2.05) is 32.0 Å². The van der Waals surface area contributed by atoms with Gasteiger partial charge in [-0.3, -0.25) is 0 Å². The fraction of sp³-hybridized carbons (Fsp3) is 0.250. The number of hydrogen-bond acceptors (Lipinski definition) is 2. The Hall–Kier alpha value is -1.07. The summed E-state index contributed by atoms with van der Waals surface area (Å²) < 4.78 is 25.8. The molecule has 2 rings (SSSR count). The summed E-state index contributed by atoms with van der Waals surface area (Å²) >= 11 is 12.3. The van der Waals surface area contributed by atoms with E-state index in [1.165, 1.54) is 7.05 Å². The quantitative estimate of drug-likeness (QED) is 0.883. The predicted molar refractivity (Wildman–Crippen MR) is 91.4 cm³/mol. The van der Waals surface area contributed by atoms with Crippen LogP contribution in [-0.4, -0.2) is 15.5 Å². The molecule has 0 fully saturated rings. The molecule has 0 heterocycles. The first-order valence-corrected chi connectivity index (χ1v) is 8.99. The number of halogens is 2. The van der Waals surface area contributed by atoms with Gasteiger partial charge in [-0.25, -0.2) is 13.1 Å². The lowest BCUT2D eigenvalue weighted by molar-refractivity contribution is 0.588. The lowest BCUT2D eigenvalue weighted by atomic mass is 9.90. The minimum absolute atomic E-state index is 0.0579. The van der Waals surface area contributed by atoms with E-state index in [4.69, 9.17) is 23.2 Å². The molecule has 118 valence electrons. The number of nitrogens with one attached hydrogen (secondary N) is 1. The average Bonchev–Trinajstić information content (AvgIpc) is 2.50. The van der Waals surface area contributed by atoms with Crippen molar-refractivity contribution in [1.29, 1.82) is 0 Å². The highest BCUT2D eigenvalue weighted by atomic mass is 35.5. The minimum atomic E-state index is -3.42. The van der Waals surface area contributed by atoms with E-state index in [9.17, 15) is 8.42 Å². The second-order valence-electron chi connectivity index (χ2n) is 5.10. The fourth-order valence-corrected chi connectivity index (χ4v) is 3.59. The molecule has 0 radical (unpaired) electrons. The summed E-state index contributed by atoms with van der Waals surface area (Å²) in [5, 5.41) is 1.22. The highest BCUT2D eigenvalue weighted by Crippen LogP contribution is 2.33. The Morgan fingerprint density at radius 2 is 1.68 bits per heavy atom. The second-order valence-corrected chi connectivity index (χ2v) is 7.83. The predicted octanol–water partition coefficient (Wildman–Crippen LogP) is 4.36. The first kappa shape index (κ1) is 17.3. The van der Waals surface area contributed by atoms with E-state index in [0.717, 1.165) is 16.7 Å². The van der Waals surface area contributed by atoms with Gasteiger partial charge in [-0.05, 0) is 54.9 Å². The molecule has 0 bridgehead atoms. The summed E-state index contributed by atoms with van der Waals surface area (Å²) in [6.45, 7) is 3.99. The molecule has 2 aromatic rings. The van der Waals surface area contributed by atoms with E-state index < -0.39 is 10.0 Å². The van der Waals surface area contributed by atoms with Crippen molar-refractivity contribution in [2.24, 2.45) is 0 Å². The van der Waals surface area contributed by atoms with Crippen molar-refractivity contribution in [2.45, 2.75) is 24.7 Å². The van der Waals surface area contributed by atoms with Gasteiger partial charge in [0.1, 0.15) is 0 Å². The first-order chi connectivity index (χ1) is 10.3. The van der Waals surface area contributed by atoms with E-state index in [-0.39, 0.29) is 10.8 Å². The topological polar surface area (TPSA) is 46.2 Å². The maximum Gasteiger partial charge on any atom is 0.240 e. The molecule has 1 N–H and O–H groups in total. The van der Waals surface area contributed by atoms with Gasteiger partial charge in [-0.2, -0.15) is 0 Å². The maximum absolute atomic E-state index is 11.7. The lowest BCUT2D eigenvalue weighted by Gasteiger charge is -2.17. The van der Waals surface area contributed by atoms with Crippen molar-refractivity contribution in [1.82, 2.24) is 4.72 Å². The van der Waals surface area contributed by atoms with Crippen LogP contribution in [0.5, 0.6) is 0 Å². The van der Waals surface area contributed by atoms with Crippen molar-refractivity contribution in [3.05, 3.63) is 63.1 Å². The number of rotatable bonds is 4. The molecule has 1 atom stereocenters. The Morgan fingerprint density at radius 3 is 2.23 bits per heavy atom. The van der Waals surface area contributed by atoms with Gasteiger partial charge in [0, 0.05) is 16.0 Å². The van der Waals surface area contributed by atoms with Gasteiger partial charge in [-0.15, -0.1) is 0 Å². The lowest BCUT2D eigenvalue weighted by Crippen LogP contribution is -2.18. The molecular formula is C16H17Cl2NO2S. The van der Waals surface area contributed by atoms with Gasteiger partial charge in [0.2, 0.25) is 10.0 Å². The molecule has 0 aliphatic carbocycles. The van der Waals surface area contributed by atoms with Crippen molar-refractivity contribution in [3.63, 3.8) is 0 Å². The third-order valence-corrected chi connectivity index (χ3v) is 5.82. The van der Waals surface area contributed by atoms with Crippen LogP contribution in [0.2, 0.25) is 10.0 Å². The smallest absolute Gasteiger partial charge is 0.214 e. The van der Waals surface area contributed by atoms with E-state index in [0.29, 0.717) is 10.0 Å². The summed E-state index contributed by atoms with van der Waals surface area (Å²) in [6.07, 6.45) is 0. The van der Waals surface area contributed by atoms with Crippen LogP contribution in [0.1, 0.15) is 29.5 Å². The van der Waals surface area contributed by atoms with Gasteiger partial charge in [-0.1, -0.05) is 42.3 Å². The van der Waals surface area contributed by atoms with Crippen LogP contribution in [0, 0.1) is 6.92 Å². The molecule has 0 spiro atoms. The van der Waals surface area contributed by atoms with Crippen LogP contribution in [0.3, 0.4) is 0 Å². The van der Waals surface area contributed by atoms with Gasteiger partial charge in [0.05, 0.1) is 4.90 Å². The van der Waals surface area contributed by atoms with Crippen LogP contribution in [0.25, 0.3) is 0 Å². The molecule has 0 aliphatic heterocycles.